The third-order valence-electron chi connectivity index (χ3n) is 3.87. The van der Waals surface area contributed by atoms with Crippen LogP contribution in [0.15, 0.2) is 5.38 Å². The van der Waals surface area contributed by atoms with E-state index in [0.29, 0.717) is 56.9 Å². The third kappa shape index (κ3) is 6.28. The van der Waals surface area contributed by atoms with Crippen LogP contribution in [0.2, 0.25) is 0 Å². The van der Waals surface area contributed by atoms with Crippen molar-refractivity contribution >= 4 is 28.3 Å². The van der Waals surface area contributed by atoms with Crippen LogP contribution in [-0.2, 0) is 4.79 Å². The number of rotatable bonds is 7. The van der Waals surface area contributed by atoms with Gasteiger partial charge in [-0.05, 0) is 19.8 Å². The van der Waals surface area contributed by atoms with Gasteiger partial charge in [0.2, 0.25) is 5.91 Å². The molecule has 1 aliphatic heterocycles. The lowest BCUT2D eigenvalue weighted by Crippen LogP contribution is -2.51. The molecule has 2 N–H and O–H groups in total. The van der Waals surface area contributed by atoms with Gasteiger partial charge in [-0.2, -0.15) is 0 Å². The molecule has 140 valence electrons. The second kappa shape index (κ2) is 9.15. The molecule has 0 aromatic carbocycles. The van der Waals surface area contributed by atoms with Gasteiger partial charge >= 0.3 is 0 Å². The largest absolute Gasteiger partial charge is 0.359 e. The van der Waals surface area contributed by atoms with Crippen LogP contribution in [-0.4, -0.2) is 71.9 Å². The Morgan fingerprint density at radius 1 is 1.20 bits per heavy atom. The van der Waals surface area contributed by atoms with E-state index in [0.717, 1.165) is 5.13 Å². The van der Waals surface area contributed by atoms with Gasteiger partial charge in [0.15, 0.2) is 5.13 Å². The summed E-state index contributed by atoms with van der Waals surface area (Å²) in [7, 11) is 0. The molecule has 0 spiro atoms. The summed E-state index contributed by atoms with van der Waals surface area (Å²) in [4.78, 5) is 32.7. The second-order valence-corrected chi connectivity index (χ2v) is 7.96. The van der Waals surface area contributed by atoms with Crippen LogP contribution in [0.4, 0.5) is 5.13 Å². The molecule has 1 aromatic rings. The van der Waals surface area contributed by atoms with Gasteiger partial charge in [-0.1, -0.05) is 13.8 Å². The molecule has 1 fully saturated rings. The minimum absolute atomic E-state index is 0.0306. The number of amides is 2. The molecule has 0 aliphatic carbocycles. The number of hydrogen-bond donors (Lipinski definition) is 2. The van der Waals surface area contributed by atoms with Gasteiger partial charge in [-0.15, -0.1) is 11.3 Å². The van der Waals surface area contributed by atoms with E-state index in [4.69, 9.17) is 0 Å². The minimum Gasteiger partial charge on any atom is -0.359 e. The van der Waals surface area contributed by atoms with Crippen molar-refractivity contribution in [2.45, 2.75) is 33.7 Å². The first-order chi connectivity index (χ1) is 11.8. The van der Waals surface area contributed by atoms with Crippen LogP contribution in [0.5, 0.6) is 0 Å². The molecule has 25 heavy (non-hydrogen) atoms. The van der Waals surface area contributed by atoms with Crippen molar-refractivity contribution < 1.29 is 9.59 Å². The normalized spacial score (nSPS) is 15.7. The van der Waals surface area contributed by atoms with E-state index in [-0.39, 0.29) is 11.8 Å². The standard InChI is InChI=1S/C17H29N5O2S/c1-12(2)9-18-15(23)10-21-5-7-22(8-6-21)16(24)14-11-25-17(20-14)19-13(3)4/h11-13H,5-10H2,1-4H3,(H,18,23)(H,19,20). The van der Waals surface area contributed by atoms with Crippen LogP contribution in [0.3, 0.4) is 0 Å². The molecular formula is C17H29N5O2S. The first kappa shape index (κ1) is 19.7. The van der Waals surface area contributed by atoms with Gasteiger partial charge in [0.25, 0.3) is 5.91 Å². The molecule has 8 heteroatoms. The van der Waals surface area contributed by atoms with Gasteiger partial charge < -0.3 is 15.5 Å². The molecule has 0 atom stereocenters. The maximum Gasteiger partial charge on any atom is 0.273 e. The van der Waals surface area contributed by atoms with Gasteiger partial charge in [0.1, 0.15) is 5.69 Å². The van der Waals surface area contributed by atoms with Gasteiger partial charge in [0, 0.05) is 44.1 Å². The predicted octanol–water partition coefficient (Wildman–Crippen LogP) is 1.49. The Labute approximate surface area is 153 Å². The zero-order valence-electron chi connectivity index (χ0n) is 15.5. The molecule has 0 radical (unpaired) electrons. The van der Waals surface area contributed by atoms with E-state index in [9.17, 15) is 9.59 Å². The summed E-state index contributed by atoms with van der Waals surface area (Å²) in [5, 5.41) is 8.73. The van der Waals surface area contributed by atoms with Crippen molar-refractivity contribution in [1.29, 1.82) is 0 Å². The average Bonchev–Trinajstić information content (AvgIpc) is 3.00. The number of thiazole rings is 1. The highest BCUT2D eigenvalue weighted by Crippen LogP contribution is 2.18. The van der Waals surface area contributed by atoms with Crippen LogP contribution >= 0.6 is 11.3 Å². The maximum absolute atomic E-state index is 12.5. The number of carbonyl (C=O) groups is 2. The third-order valence-corrected chi connectivity index (χ3v) is 4.64. The summed E-state index contributed by atoms with van der Waals surface area (Å²) < 4.78 is 0. The molecule has 0 saturated carbocycles. The number of hydrogen-bond acceptors (Lipinski definition) is 6. The molecule has 1 aliphatic rings. The number of nitrogens with zero attached hydrogens (tertiary/aromatic N) is 3. The minimum atomic E-state index is -0.0306. The topological polar surface area (TPSA) is 77.6 Å². The fourth-order valence-electron chi connectivity index (χ4n) is 2.53. The highest BCUT2D eigenvalue weighted by atomic mass is 32.1. The van der Waals surface area contributed by atoms with Crippen molar-refractivity contribution in [3.05, 3.63) is 11.1 Å². The Kier molecular flexibility index (Phi) is 7.19. The highest BCUT2D eigenvalue weighted by Gasteiger charge is 2.24. The second-order valence-electron chi connectivity index (χ2n) is 7.10. The molecule has 2 amide bonds. The van der Waals surface area contributed by atoms with Crippen molar-refractivity contribution in [2.75, 3.05) is 44.6 Å². The SMILES string of the molecule is CC(C)CNC(=O)CN1CCN(C(=O)c2csc(NC(C)C)n2)CC1. The Hall–Kier alpha value is -1.67. The molecule has 1 saturated heterocycles. The number of carbonyl (C=O) groups excluding carboxylic acids is 2. The molecule has 7 nitrogen and oxygen atoms in total. The highest BCUT2D eigenvalue weighted by molar-refractivity contribution is 7.13. The van der Waals surface area contributed by atoms with Gasteiger partial charge in [-0.3, -0.25) is 14.5 Å². The smallest absolute Gasteiger partial charge is 0.273 e. The Morgan fingerprint density at radius 3 is 2.48 bits per heavy atom. The summed E-state index contributed by atoms with van der Waals surface area (Å²) in [6.07, 6.45) is 0. The predicted molar refractivity (Wildman–Crippen MR) is 101 cm³/mol. The van der Waals surface area contributed by atoms with Crippen molar-refractivity contribution in [3.63, 3.8) is 0 Å². The summed E-state index contributed by atoms with van der Waals surface area (Å²) in [6.45, 7) is 12.0. The van der Waals surface area contributed by atoms with Crippen LogP contribution in [0.1, 0.15) is 38.2 Å². The average molecular weight is 368 g/mol. The Balaban J connectivity index is 1.78. The molecule has 2 heterocycles. The van der Waals surface area contributed by atoms with Gasteiger partial charge in [0.05, 0.1) is 6.54 Å². The number of nitrogens with one attached hydrogen (secondary N) is 2. The van der Waals surface area contributed by atoms with Crippen molar-refractivity contribution in [2.24, 2.45) is 5.92 Å². The van der Waals surface area contributed by atoms with E-state index in [1.165, 1.54) is 11.3 Å². The van der Waals surface area contributed by atoms with Crippen LogP contribution < -0.4 is 10.6 Å². The van der Waals surface area contributed by atoms with E-state index < -0.39 is 0 Å². The molecular weight excluding hydrogens is 338 g/mol. The summed E-state index contributed by atoms with van der Waals surface area (Å²) in [5.41, 5.74) is 0.497. The van der Waals surface area contributed by atoms with E-state index in [1.54, 1.807) is 5.38 Å². The quantitative estimate of drug-likeness (QED) is 0.764. The van der Waals surface area contributed by atoms with E-state index in [1.807, 2.05) is 18.7 Å². The Morgan fingerprint density at radius 2 is 1.88 bits per heavy atom. The monoisotopic (exact) mass is 367 g/mol. The lowest BCUT2D eigenvalue weighted by Gasteiger charge is -2.34. The first-order valence-corrected chi connectivity index (χ1v) is 9.73. The van der Waals surface area contributed by atoms with Crippen molar-refractivity contribution in [1.82, 2.24) is 20.1 Å². The fraction of sp³-hybridized carbons (Fsp3) is 0.706. The molecule has 0 bridgehead atoms. The maximum atomic E-state index is 12.5. The molecule has 1 aromatic heterocycles. The Bertz CT molecular complexity index is 579. The van der Waals surface area contributed by atoms with E-state index >= 15 is 0 Å². The van der Waals surface area contributed by atoms with Crippen LogP contribution in [0, 0.1) is 5.92 Å². The fourth-order valence-corrected chi connectivity index (χ4v) is 3.36. The summed E-state index contributed by atoms with van der Waals surface area (Å²) in [6, 6.07) is 0.291. The summed E-state index contributed by atoms with van der Waals surface area (Å²) in [5.74, 6) is 0.473. The zero-order valence-corrected chi connectivity index (χ0v) is 16.4. The lowest BCUT2D eigenvalue weighted by atomic mass is 10.2. The summed E-state index contributed by atoms with van der Waals surface area (Å²) >= 11 is 1.45. The lowest BCUT2D eigenvalue weighted by molar-refractivity contribution is -0.122. The molecule has 2 rings (SSSR count). The zero-order chi connectivity index (χ0) is 18.4. The van der Waals surface area contributed by atoms with Gasteiger partial charge in [-0.25, -0.2) is 4.98 Å². The first-order valence-electron chi connectivity index (χ1n) is 8.85. The number of aromatic nitrogens is 1. The number of piperazine rings is 1. The van der Waals surface area contributed by atoms with E-state index in [2.05, 4.69) is 34.4 Å². The molecule has 0 unspecified atom stereocenters. The van der Waals surface area contributed by atoms with Crippen LogP contribution in [0.25, 0.3) is 0 Å². The number of anilines is 1. The van der Waals surface area contributed by atoms with Crippen molar-refractivity contribution in [3.8, 4) is 0 Å².